The van der Waals surface area contributed by atoms with E-state index in [1.54, 1.807) is 18.2 Å². The Morgan fingerprint density at radius 2 is 1.86 bits per heavy atom. The summed E-state index contributed by atoms with van der Waals surface area (Å²) in [6, 6.07) is 13.8. The monoisotopic (exact) mass is 619 g/mol. The van der Waals surface area contributed by atoms with Crippen LogP contribution in [0.15, 0.2) is 42.5 Å². The van der Waals surface area contributed by atoms with Crippen LogP contribution in [0.25, 0.3) is 32.8 Å². The molecule has 0 spiro atoms. The van der Waals surface area contributed by atoms with E-state index in [2.05, 4.69) is 40.9 Å². The summed E-state index contributed by atoms with van der Waals surface area (Å²) < 4.78 is 28.8. The first-order valence-corrected chi connectivity index (χ1v) is 16.0. The Hall–Kier alpha value is -3.24. The average molecular weight is 620 g/mol. The zero-order valence-corrected chi connectivity index (χ0v) is 26.1. The maximum absolute atomic E-state index is 16.8. The molecule has 232 valence electrons. The van der Waals surface area contributed by atoms with Crippen LogP contribution in [0.5, 0.6) is 11.8 Å². The van der Waals surface area contributed by atoms with Gasteiger partial charge in [-0.15, -0.1) is 0 Å². The number of hydrogen-bond donors (Lipinski definition) is 2. The van der Waals surface area contributed by atoms with Crippen molar-refractivity contribution in [2.75, 3.05) is 44.3 Å². The summed E-state index contributed by atoms with van der Waals surface area (Å²) in [7, 11) is 0. The lowest BCUT2D eigenvalue weighted by Crippen LogP contribution is -2.51. The van der Waals surface area contributed by atoms with Gasteiger partial charge in [-0.2, -0.15) is 9.97 Å². The summed E-state index contributed by atoms with van der Waals surface area (Å²) in [4.78, 5) is 14.2. The highest BCUT2D eigenvalue weighted by Gasteiger charge is 2.34. The van der Waals surface area contributed by atoms with Gasteiger partial charge in [-0.3, -0.25) is 4.90 Å². The zero-order chi connectivity index (χ0) is 30.5. The van der Waals surface area contributed by atoms with Crippen LogP contribution in [0.3, 0.4) is 0 Å². The molecule has 0 radical (unpaired) electrons. The van der Waals surface area contributed by atoms with Crippen molar-refractivity contribution in [3.05, 3.63) is 53.3 Å². The summed E-state index contributed by atoms with van der Waals surface area (Å²) in [6.45, 7) is 10.8. The van der Waals surface area contributed by atoms with Crippen LogP contribution in [0.4, 0.5) is 10.2 Å². The molecule has 4 heterocycles. The number of anilines is 1. The van der Waals surface area contributed by atoms with Crippen LogP contribution in [0, 0.1) is 11.7 Å². The largest absolute Gasteiger partial charge is 0.508 e. The van der Waals surface area contributed by atoms with Gasteiger partial charge in [0.25, 0.3) is 0 Å². The summed E-state index contributed by atoms with van der Waals surface area (Å²) in [5.41, 5.74) is 0.868. The molecule has 8 nitrogen and oxygen atoms in total. The highest BCUT2D eigenvalue weighted by atomic mass is 35.5. The second kappa shape index (κ2) is 11.9. The smallest absolute Gasteiger partial charge is 0.319 e. The van der Waals surface area contributed by atoms with Gasteiger partial charge in [-0.05, 0) is 61.2 Å². The fourth-order valence-corrected chi connectivity index (χ4v) is 7.37. The summed E-state index contributed by atoms with van der Waals surface area (Å²) in [5, 5.41) is 16.6. The predicted octanol–water partition coefficient (Wildman–Crippen LogP) is 6.01. The molecule has 10 heteroatoms. The average Bonchev–Trinajstić information content (AvgIpc) is 3.34. The molecule has 2 N–H and O–H groups in total. The Bertz CT molecular complexity index is 1690. The quantitative estimate of drug-likeness (QED) is 0.260. The van der Waals surface area contributed by atoms with E-state index in [0.29, 0.717) is 41.5 Å². The second-order valence-electron chi connectivity index (χ2n) is 12.9. The third-order valence-electron chi connectivity index (χ3n) is 9.25. The molecular weight excluding hydrogens is 581 g/mol. The van der Waals surface area contributed by atoms with E-state index in [1.165, 1.54) is 0 Å². The third kappa shape index (κ3) is 5.67. The second-order valence-corrected chi connectivity index (χ2v) is 13.3. The zero-order valence-electron chi connectivity index (χ0n) is 25.4. The number of aromatic nitrogens is 2. The van der Waals surface area contributed by atoms with Gasteiger partial charge >= 0.3 is 6.01 Å². The Morgan fingerprint density at radius 3 is 2.66 bits per heavy atom. The van der Waals surface area contributed by atoms with Crippen molar-refractivity contribution in [1.29, 1.82) is 0 Å². The van der Waals surface area contributed by atoms with Crippen molar-refractivity contribution in [3.63, 3.8) is 0 Å². The first-order chi connectivity index (χ1) is 21.2. The van der Waals surface area contributed by atoms with Gasteiger partial charge in [-0.25, -0.2) is 4.39 Å². The van der Waals surface area contributed by atoms with E-state index in [1.807, 2.05) is 24.3 Å². The Balaban J connectivity index is 1.28. The maximum atomic E-state index is 16.8. The summed E-state index contributed by atoms with van der Waals surface area (Å²) in [5.74, 6) is 0.319. The number of ether oxygens (including phenoxy) is 2. The fraction of sp³-hybridized carbons (Fsp3) is 0.471. The maximum Gasteiger partial charge on any atom is 0.319 e. The molecule has 3 aliphatic rings. The standard InChI is InChI=1S/C34H39ClFN5O3/c1-19(13-40-14-21(3)43-18-20(40)2)17-44-34-38-32-28(33(39-34)41-15-23-8-9-24(16-41)37-23)12-29(35)30(31(32)36)27-11-25(42)10-22-6-4-5-7-26(22)27/h4-7,10-12,19-21,23-24,37,42H,8-9,13-18H2,1-3H3/t19-,20-,21-,23?,24?/m1/s1. The number of nitrogens with zero attached hydrogens (tertiary/aromatic N) is 4. The number of benzene rings is 3. The number of nitrogens with one attached hydrogen (secondary N) is 1. The summed E-state index contributed by atoms with van der Waals surface area (Å²) in [6.07, 6.45) is 2.41. The number of phenols is 1. The molecule has 3 aliphatic heterocycles. The summed E-state index contributed by atoms with van der Waals surface area (Å²) >= 11 is 6.88. The number of fused-ring (bicyclic) bond motifs is 4. The highest BCUT2D eigenvalue weighted by Crippen LogP contribution is 2.43. The van der Waals surface area contributed by atoms with Crippen LogP contribution < -0.4 is 15.0 Å². The van der Waals surface area contributed by atoms with E-state index in [-0.39, 0.29) is 39.9 Å². The lowest BCUT2D eigenvalue weighted by molar-refractivity contribution is -0.0551. The van der Waals surface area contributed by atoms with Crippen molar-refractivity contribution in [3.8, 4) is 22.9 Å². The molecular formula is C34H39ClFN5O3. The van der Waals surface area contributed by atoms with Gasteiger partial charge in [0.2, 0.25) is 0 Å². The Labute approximate surface area is 262 Å². The minimum Gasteiger partial charge on any atom is -0.508 e. The van der Waals surface area contributed by atoms with Crippen LogP contribution in [-0.4, -0.2) is 83.6 Å². The molecule has 3 aromatic carbocycles. The van der Waals surface area contributed by atoms with E-state index >= 15 is 4.39 Å². The highest BCUT2D eigenvalue weighted by molar-refractivity contribution is 6.35. The number of halogens is 2. The van der Waals surface area contributed by atoms with Crippen molar-refractivity contribution in [2.24, 2.45) is 5.92 Å². The van der Waals surface area contributed by atoms with Crippen molar-refractivity contribution in [1.82, 2.24) is 20.2 Å². The molecule has 2 bridgehead atoms. The predicted molar refractivity (Wildman–Crippen MR) is 172 cm³/mol. The first kappa shape index (κ1) is 29.5. The van der Waals surface area contributed by atoms with Crippen molar-refractivity contribution in [2.45, 2.75) is 57.8 Å². The van der Waals surface area contributed by atoms with Crippen molar-refractivity contribution < 1.29 is 19.0 Å². The molecule has 1 aromatic heterocycles. The normalized spacial score (nSPS) is 24.7. The van der Waals surface area contributed by atoms with Gasteiger partial charge in [0.15, 0.2) is 5.82 Å². The van der Waals surface area contributed by atoms with Crippen molar-refractivity contribution >= 4 is 39.1 Å². The number of aromatic hydroxyl groups is 1. The number of rotatable bonds is 7. The molecule has 0 amide bonds. The molecule has 3 saturated heterocycles. The molecule has 7 rings (SSSR count). The number of phenolic OH excluding ortho intramolecular Hbond substituents is 1. The van der Waals surface area contributed by atoms with E-state index in [9.17, 15) is 5.11 Å². The third-order valence-corrected chi connectivity index (χ3v) is 9.55. The van der Waals surface area contributed by atoms with Crippen LogP contribution in [-0.2, 0) is 4.74 Å². The number of hydrogen-bond acceptors (Lipinski definition) is 8. The minimum atomic E-state index is -0.556. The van der Waals surface area contributed by atoms with Crippen LogP contribution in [0.2, 0.25) is 5.02 Å². The molecule has 5 atom stereocenters. The topological polar surface area (TPSA) is 83.0 Å². The number of morpholine rings is 1. The van der Waals surface area contributed by atoms with Gasteiger partial charge < -0.3 is 24.8 Å². The molecule has 3 fully saturated rings. The number of piperazine rings is 1. The Morgan fingerprint density at radius 1 is 1.09 bits per heavy atom. The molecule has 0 aliphatic carbocycles. The first-order valence-electron chi connectivity index (χ1n) is 15.6. The SMILES string of the molecule is C[C@@H](COc1nc(N2CC3CCC(C2)N3)c2cc(Cl)c(-c3cc(O)cc4ccccc34)c(F)c2n1)CN1C[C@@H](C)OC[C@H]1C. The van der Waals surface area contributed by atoms with Crippen LogP contribution in [0.1, 0.15) is 33.6 Å². The van der Waals surface area contributed by atoms with E-state index < -0.39 is 5.82 Å². The van der Waals surface area contributed by atoms with Gasteiger partial charge in [0.05, 0.1) is 24.3 Å². The van der Waals surface area contributed by atoms with Gasteiger partial charge in [-0.1, -0.05) is 42.8 Å². The lowest BCUT2D eigenvalue weighted by Gasteiger charge is -2.38. The van der Waals surface area contributed by atoms with Gasteiger partial charge in [0.1, 0.15) is 17.1 Å². The molecule has 0 saturated carbocycles. The molecule has 44 heavy (non-hydrogen) atoms. The minimum absolute atomic E-state index is 0.0379. The van der Waals surface area contributed by atoms with Crippen LogP contribution >= 0.6 is 11.6 Å². The Kier molecular flexibility index (Phi) is 7.99. The molecule has 4 aromatic rings. The molecule has 2 unspecified atom stereocenters. The lowest BCUT2D eigenvalue weighted by atomic mass is 9.96. The van der Waals surface area contributed by atoms with E-state index in [0.717, 1.165) is 56.4 Å². The fourth-order valence-electron chi connectivity index (χ4n) is 7.08. The van der Waals surface area contributed by atoms with E-state index in [4.69, 9.17) is 26.1 Å². The van der Waals surface area contributed by atoms with Gasteiger partial charge in [0, 0.05) is 61.2 Å².